The molecule has 1 saturated carbocycles. The van der Waals surface area contributed by atoms with Gasteiger partial charge in [0.15, 0.2) is 0 Å². The van der Waals surface area contributed by atoms with Crippen LogP contribution in [0.4, 0.5) is 5.95 Å². The van der Waals surface area contributed by atoms with Crippen molar-refractivity contribution in [2.75, 3.05) is 31.6 Å². The second kappa shape index (κ2) is 6.23. The van der Waals surface area contributed by atoms with Crippen LogP contribution in [0.15, 0.2) is 31.1 Å². The van der Waals surface area contributed by atoms with E-state index in [4.69, 9.17) is 4.74 Å². The highest BCUT2D eigenvalue weighted by Crippen LogP contribution is 2.47. The number of anilines is 1. The molecule has 1 amide bonds. The minimum Gasteiger partial charge on any atom is -0.380 e. The van der Waals surface area contributed by atoms with E-state index in [9.17, 15) is 4.79 Å². The molecular weight excluding hydrogens is 344 g/mol. The standard InChI is InChI=1S/C19H22N6O2/c26-16(25-5-3-18(4-6-25)11-27-12-18)14-7-22-17(23-8-14)24-19(1-2-19)15-9-20-13-21-10-15/h7-10,13H,1-6,11-12H2,(H,22,23,24). The van der Waals surface area contributed by atoms with Crippen molar-refractivity contribution in [3.8, 4) is 0 Å². The highest BCUT2D eigenvalue weighted by molar-refractivity contribution is 5.93. The van der Waals surface area contributed by atoms with Crippen LogP contribution in [0.25, 0.3) is 0 Å². The molecule has 0 atom stereocenters. The lowest BCUT2D eigenvalue weighted by atomic mass is 9.77. The average Bonchev–Trinajstić information content (AvgIpc) is 3.48. The Kier molecular flexibility index (Phi) is 3.82. The van der Waals surface area contributed by atoms with Crippen molar-refractivity contribution in [1.82, 2.24) is 24.8 Å². The highest BCUT2D eigenvalue weighted by atomic mass is 16.5. The van der Waals surface area contributed by atoms with Gasteiger partial charge in [-0.15, -0.1) is 0 Å². The molecule has 2 aromatic rings. The molecule has 5 rings (SSSR count). The Hall–Kier alpha value is -2.61. The van der Waals surface area contributed by atoms with Crippen molar-refractivity contribution >= 4 is 11.9 Å². The van der Waals surface area contributed by atoms with Gasteiger partial charge in [-0.3, -0.25) is 4.79 Å². The van der Waals surface area contributed by atoms with E-state index in [1.54, 1.807) is 12.4 Å². The molecule has 0 radical (unpaired) electrons. The quantitative estimate of drug-likeness (QED) is 0.879. The fraction of sp³-hybridized carbons (Fsp3) is 0.526. The maximum Gasteiger partial charge on any atom is 0.256 e. The van der Waals surface area contributed by atoms with E-state index in [2.05, 4.69) is 25.3 Å². The summed E-state index contributed by atoms with van der Waals surface area (Å²) in [5.74, 6) is 0.534. The Morgan fingerprint density at radius 2 is 1.67 bits per heavy atom. The molecule has 1 spiro atoms. The first-order valence-electron chi connectivity index (χ1n) is 9.41. The van der Waals surface area contributed by atoms with E-state index >= 15 is 0 Å². The van der Waals surface area contributed by atoms with Gasteiger partial charge in [-0.2, -0.15) is 0 Å². The molecule has 3 aliphatic rings. The molecule has 2 aliphatic heterocycles. The van der Waals surface area contributed by atoms with Crippen LogP contribution in [0, 0.1) is 5.41 Å². The molecule has 2 saturated heterocycles. The Labute approximate surface area is 157 Å². The van der Waals surface area contributed by atoms with Crippen LogP contribution in [0.5, 0.6) is 0 Å². The summed E-state index contributed by atoms with van der Waals surface area (Å²) < 4.78 is 5.35. The zero-order valence-electron chi connectivity index (χ0n) is 15.1. The Balaban J connectivity index is 1.23. The monoisotopic (exact) mass is 366 g/mol. The van der Waals surface area contributed by atoms with Crippen LogP contribution in [0.2, 0.25) is 0 Å². The summed E-state index contributed by atoms with van der Waals surface area (Å²) in [7, 11) is 0. The van der Waals surface area contributed by atoms with Crippen molar-refractivity contribution in [2.45, 2.75) is 31.2 Å². The van der Waals surface area contributed by atoms with Crippen LogP contribution in [0.1, 0.15) is 41.6 Å². The minimum atomic E-state index is -0.182. The van der Waals surface area contributed by atoms with Crippen molar-refractivity contribution in [3.63, 3.8) is 0 Å². The van der Waals surface area contributed by atoms with Gasteiger partial charge in [0.1, 0.15) is 6.33 Å². The Bertz CT molecular complexity index is 823. The molecule has 27 heavy (non-hydrogen) atoms. The first kappa shape index (κ1) is 16.6. The topological polar surface area (TPSA) is 93.1 Å². The largest absolute Gasteiger partial charge is 0.380 e. The van der Waals surface area contributed by atoms with E-state index in [0.29, 0.717) is 16.9 Å². The lowest BCUT2D eigenvalue weighted by molar-refractivity contribution is -0.136. The number of nitrogens with zero attached hydrogens (tertiary/aromatic N) is 5. The average molecular weight is 366 g/mol. The smallest absolute Gasteiger partial charge is 0.256 e. The third-order valence-corrected chi connectivity index (χ3v) is 6.04. The predicted molar refractivity (Wildman–Crippen MR) is 97.0 cm³/mol. The first-order valence-corrected chi connectivity index (χ1v) is 9.41. The number of hydrogen-bond acceptors (Lipinski definition) is 7. The summed E-state index contributed by atoms with van der Waals surface area (Å²) in [5.41, 5.74) is 1.71. The van der Waals surface area contributed by atoms with Crippen LogP contribution < -0.4 is 5.32 Å². The third kappa shape index (κ3) is 3.03. The second-order valence-electron chi connectivity index (χ2n) is 7.91. The van der Waals surface area contributed by atoms with Gasteiger partial charge in [0, 0.05) is 48.9 Å². The maximum atomic E-state index is 12.7. The zero-order chi connectivity index (χ0) is 18.3. The van der Waals surface area contributed by atoms with Gasteiger partial charge in [-0.1, -0.05) is 0 Å². The number of nitrogens with one attached hydrogen (secondary N) is 1. The number of aromatic nitrogens is 4. The van der Waals surface area contributed by atoms with E-state index in [0.717, 1.165) is 57.6 Å². The van der Waals surface area contributed by atoms with Crippen LogP contribution in [-0.2, 0) is 10.3 Å². The Morgan fingerprint density at radius 1 is 1.00 bits per heavy atom. The van der Waals surface area contributed by atoms with Crippen molar-refractivity contribution in [1.29, 1.82) is 0 Å². The SMILES string of the molecule is O=C(c1cnc(NC2(c3cncnc3)CC2)nc1)N1CCC2(CC1)COC2. The predicted octanol–water partition coefficient (Wildman–Crippen LogP) is 1.62. The zero-order valence-corrected chi connectivity index (χ0v) is 15.1. The number of amides is 1. The van der Waals surface area contributed by atoms with Gasteiger partial charge in [0.05, 0.1) is 24.3 Å². The number of carbonyl (C=O) groups excluding carboxylic acids is 1. The van der Waals surface area contributed by atoms with Gasteiger partial charge < -0.3 is 15.0 Å². The van der Waals surface area contributed by atoms with E-state index in [1.165, 1.54) is 6.33 Å². The number of carbonyl (C=O) groups is 1. The molecule has 0 bridgehead atoms. The summed E-state index contributed by atoms with van der Waals surface area (Å²) >= 11 is 0. The van der Waals surface area contributed by atoms with E-state index in [-0.39, 0.29) is 11.4 Å². The first-order chi connectivity index (χ1) is 13.2. The molecule has 0 aromatic carbocycles. The van der Waals surface area contributed by atoms with Crippen LogP contribution in [-0.4, -0.2) is 57.0 Å². The third-order valence-electron chi connectivity index (χ3n) is 6.04. The highest BCUT2D eigenvalue weighted by Gasteiger charge is 2.45. The molecule has 2 aromatic heterocycles. The fourth-order valence-electron chi connectivity index (χ4n) is 3.92. The molecule has 8 heteroatoms. The number of ether oxygens (including phenoxy) is 1. The molecule has 1 aliphatic carbocycles. The van der Waals surface area contributed by atoms with Crippen molar-refractivity contribution in [2.24, 2.45) is 5.41 Å². The molecule has 8 nitrogen and oxygen atoms in total. The maximum absolute atomic E-state index is 12.7. The van der Waals surface area contributed by atoms with E-state index < -0.39 is 0 Å². The number of rotatable bonds is 4. The lowest BCUT2D eigenvalue weighted by Gasteiger charge is -2.47. The number of hydrogen-bond donors (Lipinski definition) is 1. The molecule has 140 valence electrons. The summed E-state index contributed by atoms with van der Waals surface area (Å²) in [6.45, 7) is 3.23. The summed E-state index contributed by atoms with van der Waals surface area (Å²) in [6, 6.07) is 0. The van der Waals surface area contributed by atoms with Crippen molar-refractivity contribution < 1.29 is 9.53 Å². The molecule has 3 fully saturated rings. The molecule has 0 unspecified atom stereocenters. The van der Waals surface area contributed by atoms with Gasteiger partial charge >= 0.3 is 0 Å². The van der Waals surface area contributed by atoms with Gasteiger partial charge in [-0.25, -0.2) is 19.9 Å². The molecular formula is C19H22N6O2. The number of likely N-dealkylation sites (tertiary alicyclic amines) is 1. The summed E-state index contributed by atoms with van der Waals surface area (Å²) in [5, 5.41) is 3.38. The van der Waals surface area contributed by atoms with Crippen LogP contribution in [0.3, 0.4) is 0 Å². The van der Waals surface area contributed by atoms with E-state index in [1.807, 2.05) is 17.3 Å². The van der Waals surface area contributed by atoms with Gasteiger partial charge in [0.2, 0.25) is 5.95 Å². The summed E-state index contributed by atoms with van der Waals surface area (Å²) in [6.07, 6.45) is 12.4. The molecule has 1 N–H and O–H groups in total. The van der Waals surface area contributed by atoms with Crippen LogP contribution >= 0.6 is 0 Å². The minimum absolute atomic E-state index is 0.00855. The van der Waals surface area contributed by atoms with Gasteiger partial charge in [-0.05, 0) is 25.7 Å². The fourth-order valence-corrected chi connectivity index (χ4v) is 3.92. The summed E-state index contributed by atoms with van der Waals surface area (Å²) in [4.78, 5) is 31.6. The normalized spacial score (nSPS) is 22.1. The number of piperidine rings is 1. The van der Waals surface area contributed by atoms with Gasteiger partial charge in [0.25, 0.3) is 5.91 Å². The molecule has 4 heterocycles. The lowest BCUT2D eigenvalue weighted by Crippen LogP contribution is -2.52. The van der Waals surface area contributed by atoms with Crippen molar-refractivity contribution in [3.05, 3.63) is 42.2 Å². The Morgan fingerprint density at radius 3 is 2.22 bits per heavy atom. The second-order valence-corrected chi connectivity index (χ2v) is 7.91.